The molecule has 1 N–H and O–H groups in total. The average molecular weight is 175 g/mol. The van der Waals surface area contributed by atoms with E-state index in [0.29, 0.717) is 0 Å². The fraction of sp³-hybridized carbons (Fsp3) is 0.300. The van der Waals surface area contributed by atoms with Crippen LogP contribution in [0.5, 0.6) is 0 Å². The summed E-state index contributed by atoms with van der Waals surface area (Å²) in [5.74, 6) is 1.99. The van der Waals surface area contributed by atoms with Crippen molar-refractivity contribution in [3.63, 3.8) is 0 Å². The van der Waals surface area contributed by atoms with Crippen molar-refractivity contribution >= 4 is 11.3 Å². The highest BCUT2D eigenvalue weighted by Crippen LogP contribution is 2.16. The molecular formula is C10H13N3. The van der Waals surface area contributed by atoms with Gasteiger partial charge in [0.25, 0.3) is 0 Å². The van der Waals surface area contributed by atoms with E-state index in [-0.39, 0.29) is 0 Å². The molecule has 0 amide bonds. The fourth-order valence-corrected chi connectivity index (χ4v) is 1.49. The molecule has 2 aromatic heterocycles. The van der Waals surface area contributed by atoms with Crippen LogP contribution >= 0.6 is 0 Å². The van der Waals surface area contributed by atoms with Crippen LogP contribution in [0.2, 0.25) is 0 Å². The van der Waals surface area contributed by atoms with Crippen LogP contribution < -0.4 is 5.32 Å². The van der Waals surface area contributed by atoms with Gasteiger partial charge in [0, 0.05) is 12.7 Å². The molecule has 0 radical (unpaired) electrons. The van der Waals surface area contributed by atoms with E-state index in [0.717, 1.165) is 23.7 Å². The number of anilines is 1. The maximum atomic E-state index is 4.43. The molecule has 0 spiro atoms. The quantitative estimate of drug-likeness (QED) is 0.757. The highest BCUT2D eigenvalue weighted by atomic mass is 15.1. The Morgan fingerprint density at radius 3 is 3.08 bits per heavy atom. The normalized spacial score (nSPS) is 10.6. The highest BCUT2D eigenvalue weighted by Gasteiger charge is 2.04. The Morgan fingerprint density at radius 2 is 2.31 bits per heavy atom. The minimum absolute atomic E-state index is 0.904. The van der Waals surface area contributed by atoms with E-state index in [1.165, 1.54) is 0 Å². The first-order valence-corrected chi connectivity index (χ1v) is 4.50. The SMILES string of the molecule is CCNc1nc(C)n2ccccc12. The number of nitrogens with zero attached hydrogens (tertiary/aromatic N) is 2. The molecular weight excluding hydrogens is 162 g/mol. The first-order valence-electron chi connectivity index (χ1n) is 4.50. The molecule has 2 rings (SSSR count). The number of hydrogen-bond donors (Lipinski definition) is 1. The number of pyridine rings is 1. The molecule has 13 heavy (non-hydrogen) atoms. The van der Waals surface area contributed by atoms with Gasteiger partial charge in [0.05, 0.1) is 5.52 Å². The van der Waals surface area contributed by atoms with Gasteiger partial charge in [-0.3, -0.25) is 0 Å². The molecule has 0 saturated carbocycles. The highest BCUT2D eigenvalue weighted by molar-refractivity contribution is 5.68. The lowest BCUT2D eigenvalue weighted by molar-refractivity contribution is 1.04. The number of aromatic nitrogens is 2. The van der Waals surface area contributed by atoms with E-state index in [1.54, 1.807) is 0 Å². The Kier molecular flexibility index (Phi) is 1.93. The third-order valence-corrected chi connectivity index (χ3v) is 2.07. The smallest absolute Gasteiger partial charge is 0.152 e. The second-order valence-electron chi connectivity index (χ2n) is 2.99. The molecule has 3 nitrogen and oxygen atoms in total. The maximum Gasteiger partial charge on any atom is 0.152 e. The van der Waals surface area contributed by atoms with Crippen molar-refractivity contribution in [2.75, 3.05) is 11.9 Å². The minimum atomic E-state index is 0.904. The predicted molar refractivity (Wildman–Crippen MR) is 54.1 cm³/mol. The van der Waals surface area contributed by atoms with E-state index in [4.69, 9.17) is 0 Å². The van der Waals surface area contributed by atoms with E-state index in [1.807, 2.05) is 25.3 Å². The summed E-state index contributed by atoms with van der Waals surface area (Å²) in [6, 6.07) is 6.10. The number of rotatable bonds is 2. The lowest BCUT2D eigenvalue weighted by atomic mass is 10.4. The Labute approximate surface area is 77.4 Å². The Bertz CT molecular complexity index is 417. The van der Waals surface area contributed by atoms with Crippen LogP contribution in [-0.4, -0.2) is 15.9 Å². The molecule has 3 heteroatoms. The summed E-state index contributed by atoms with van der Waals surface area (Å²) in [4.78, 5) is 4.43. The lowest BCUT2D eigenvalue weighted by Crippen LogP contribution is -1.96. The summed E-state index contributed by atoms with van der Waals surface area (Å²) in [7, 11) is 0. The zero-order valence-corrected chi connectivity index (χ0v) is 7.91. The Balaban J connectivity index is 2.63. The summed E-state index contributed by atoms with van der Waals surface area (Å²) in [5, 5.41) is 3.24. The van der Waals surface area contributed by atoms with Crippen molar-refractivity contribution in [3.05, 3.63) is 30.2 Å². The number of aryl methyl sites for hydroxylation is 1. The molecule has 0 aliphatic carbocycles. The van der Waals surface area contributed by atoms with Gasteiger partial charge in [-0.25, -0.2) is 4.98 Å². The third kappa shape index (κ3) is 1.26. The molecule has 68 valence electrons. The lowest BCUT2D eigenvalue weighted by Gasteiger charge is -1.98. The summed E-state index contributed by atoms with van der Waals surface area (Å²) in [6.45, 7) is 4.98. The maximum absolute atomic E-state index is 4.43. The van der Waals surface area contributed by atoms with Crippen LogP contribution in [0.4, 0.5) is 5.82 Å². The molecule has 0 atom stereocenters. The molecule has 0 saturated heterocycles. The van der Waals surface area contributed by atoms with Crippen molar-refractivity contribution in [1.82, 2.24) is 9.38 Å². The molecule has 0 unspecified atom stereocenters. The van der Waals surface area contributed by atoms with Crippen molar-refractivity contribution < 1.29 is 0 Å². The molecule has 0 bridgehead atoms. The van der Waals surface area contributed by atoms with Crippen molar-refractivity contribution in [1.29, 1.82) is 0 Å². The number of fused-ring (bicyclic) bond motifs is 1. The van der Waals surface area contributed by atoms with Crippen molar-refractivity contribution in [2.24, 2.45) is 0 Å². The second kappa shape index (κ2) is 3.09. The summed E-state index contributed by atoms with van der Waals surface area (Å²) >= 11 is 0. The largest absolute Gasteiger partial charge is 0.369 e. The Hall–Kier alpha value is -1.51. The predicted octanol–water partition coefficient (Wildman–Crippen LogP) is 2.07. The van der Waals surface area contributed by atoms with Crippen LogP contribution in [0.1, 0.15) is 12.7 Å². The van der Waals surface area contributed by atoms with Crippen LogP contribution in [0.15, 0.2) is 24.4 Å². The molecule has 0 aliphatic rings. The molecule has 2 aromatic rings. The van der Waals surface area contributed by atoms with Gasteiger partial charge in [-0.2, -0.15) is 0 Å². The van der Waals surface area contributed by atoms with Gasteiger partial charge in [0.15, 0.2) is 5.82 Å². The molecule has 0 aromatic carbocycles. The van der Waals surface area contributed by atoms with Gasteiger partial charge in [0.1, 0.15) is 5.82 Å². The van der Waals surface area contributed by atoms with E-state index in [9.17, 15) is 0 Å². The molecule has 0 fully saturated rings. The van der Waals surface area contributed by atoms with E-state index in [2.05, 4.69) is 27.7 Å². The number of hydrogen-bond acceptors (Lipinski definition) is 2. The summed E-state index contributed by atoms with van der Waals surface area (Å²) < 4.78 is 2.08. The minimum Gasteiger partial charge on any atom is -0.369 e. The number of nitrogens with one attached hydrogen (secondary N) is 1. The summed E-state index contributed by atoms with van der Waals surface area (Å²) in [5.41, 5.74) is 1.14. The third-order valence-electron chi connectivity index (χ3n) is 2.07. The van der Waals surface area contributed by atoms with E-state index >= 15 is 0 Å². The van der Waals surface area contributed by atoms with Gasteiger partial charge >= 0.3 is 0 Å². The fourth-order valence-electron chi connectivity index (χ4n) is 1.49. The van der Waals surface area contributed by atoms with E-state index < -0.39 is 0 Å². The van der Waals surface area contributed by atoms with Crippen LogP contribution in [-0.2, 0) is 0 Å². The summed E-state index contributed by atoms with van der Waals surface area (Å²) in [6.07, 6.45) is 2.03. The first kappa shape index (κ1) is 8.10. The van der Waals surface area contributed by atoms with Crippen molar-refractivity contribution in [3.8, 4) is 0 Å². The van der Waals surface area contributed by atoms with Crippen LogP contribution in [0.25, 0.3) is 5.52 Å². The number of imidazole rings is 1. The Morgan fingerprint density at radius 1 is 1.46 bits per heavy atom. The molecule has 0 aliphatic heterocycles. The zero-order chi connectivity index (χ0) is 9.26. The van der Waals surface area contributed by atoms with Gasteiger partial charge in [-0.1, -0.05) is 6.07 Å². The molecule has 2 heterocycles. The standard InChI is InChI=1S/C10H13N3/c1-3-11-10-9-6-4-5-7-13(9)8(2)12-10/h4-7,11H,3H2,1-2H3. The van der Waals surface area contributed by atoms with Crippen LogP contribution in [0, 0.1) is 6.92 Å². The first-order chi connectivity index (χ1) is 6.33. The van der Waals surface area contributed by atoms with Crippen molar-refractivity contribution in [2.45, 2.75) is 13.8 Å². The van der Waals surface area contributed by atoms with Gasteiger partial charge < -0.3 is 9.72 Å². The van der Waals surface area contributed by atoms with Gasteiger partial charge in [-0.15, -0.1) is 0 Å². The second-order valence-corrected chi connectivity index (χ2v) is 2.99. The van der Waals surface area contributed by atoms with Crippen LogP contribution in [0.3, 0.4) is 0 Å². The topological polar surface area (TPSA) is 29.3 Å². The van der Waals surface area contributed by atoms with Gasteiger partial charge in [-0.05, 0) is 26.0 Å². The monoisotopic (exact) mass is 175 g/mol. The average Bonchev–Trinajstić information content (AvgIpc) is 2.46. The zero-order valence-electron chi connectivity index (χ0n) is 7.91. The van der Waals surface area contributed by atoms with Gasteiger partial charge in [0.2, 0.25) is 0 Å².